The highest BCUT2D eigenvalue weighted by atomic mass is 19.1. The number of aromatic nitrogens is 2. The number of unbranched alkanes of at least 4 members (excludes halogenated alkanes) is 12. The molecular weight excluding hydrogens is 619 g/mol. The number of H-pyrrole nitrogens is 1. The predicted octanol–water partition coefficient (Wildman–Crippen LogP) is 3.88. The lowest BCUT2D eigenvalue weighted by Crippen LogP contribution is -2.57. The van der Waals surface area contributed by atoms with E-state index in [9.17, 15) is 53.6 Å². The third kappa shape index (κ3) is 11.2. The van der Waals surface area contributed by atoms with Gasteiger partial charge in [0.2, 0.25) is 5.82 Å². The zero-order valence-electron chi connectivity index (χ0n) is 27.5. The SMILES string of the molecule is CCCCCCCCC[C@H](C(=O)O)C(=O)C(O)[C@H]1O[C@@H](n2cc(F)c(=O)[nH]c2=O)C[C@@]1(O)C(=O)[C@H](CCCCCCCCC)C(=O)O. The molecule has 266 valence electrons. The summed E-state index contributed by atoms with van der Waals surface area (Å²) < 4.78 is 20.3. The number of aliphatic carboxylic acids is 2. The molecule has 5 N–H and O–H groups in total. The fourth-order valence-corrected chi connectivity index (χ4v) is 6.15. The van der Waals surface area contributed by atoms with Crippen LogP contribution in [0.5, 0.6) is 0 Å². The Bertz CT molecular complexity index is 1310. The van der Waals surface area contributed by atoms with Crippen molar-refractivity contribution in [1.82, 2.24) is 9.55 Å². The number of aliphatic hydroxyl groups is 2. The molecule has 0 aromatic carbocycles. The minimum Gasteiger partial charge on any atom is -0.481 e. The number of aliphatic hydroxyl groups excluding tert-OH is 1. The van der Waals surface area contributed by atoms with Gasteiger partial charge in [-0.05, 0) is 12.8 Å². The Kier molecular flexibility index (Phi) is 16.6. The highest BCUT2D eigenvalue weighted by Crippen LogP contribution is 2.41. The van der Waals surface area contributed by atoms with Crippen molar-refractivity contribution in [1.29, 1.82) is 0 Å². The number of Topliss-reactive ketones (excluding diaryl/α,β-unsaturated/α-hetero) is 2. The molecule has 0 radical (unpaired) electrons. The van der Waals surface area contributed by atoms with E-state index < -0.39 is 82.9 Å². The quantitative estimate of drug-likeness (QED) is 0.0786. The summed E-state index contributed by atoms with van der Waals surface area (Å²) in [4.78, 5) is 77.3. The highest BCUT2D eigenvalue weighted by Gasteiger charge is 2.60. The number of carbonyl (C=O) groups is 4. The summed E-state index contributed by atoms with van der Waals surface area (Å²) in [6.45, 7) is 4.15. The van der Waals surface area contributed by atoms with Crippen LogP contribution in [0.25, 0.3) is 0 Å². The summed E-state index contributed by atoms with van der Waals surface area (Å²) in [6.07, 6.45) is 4.67. The molecule has 1 unspecified atom stereocenters. The van der Waals surface area contributed by atoms with Gasteiger partial charge in [0, 0.05) is 6.42 Å². The van der Waals surface area contributed by atoms with Gasteiger partial charge < -0.3 is 25.2 Å². The second-order valence-electron chi connectivity index (χ2n) is 12.6. The molecule has 1 aromatic rings. The molecule has 1 fully saturated rings. The maximum Gasteiger partial charge on any atom is 0.330 e. The summed E-state index contributed by atoms with van der Waals surface area (Å²) in [6, 6.07) is 0. The first kappa shape index (κ1) is 39.9. The van der Waals surface area contributed by atoms with E-state index in [0.29, 0.717) is 36.4 Å². The van der Waals surface area contributed by atoms with Gasteiger partial charge in [-0.25, -0.2) is 4.79 Å². The van der Waals surface area contributed by atoms with Crippen LogP contribution in [0.4, 0.5) is 4.39 Å². The largest absolute Gasteiger partial charge is 0.481 e. The molecule has 47 heavy (non-hydrogen) atoms. The number of ketones is 2. The average Bonchev–Trinajstić information content (AvgIpc) is 3.38. The molecule has 1 aliphatic heterocycles. The lowest BCUT2D eigenvalue weighted by molar-refractivity contribution is -0.169. The number of rotatable bonds is 24. The standard InChI is InChI=1S/C33H51FN2O11/c1-3-5-7-9-11-13-15-17-21(30(41)42)25(37)26(38)28-33(46,19-24(47-28)36-20-23(34)29(40)35-32(36)45)27(39)22(31(43)44)18-16-14-12-10-8-6-4-2/h20-22,24,26,28,38,46H,3-19H2,1-2H3,(H,41,42)(H,43,44)(H,35,40,45)/t21-,22-,24+,26?,28+,33+/m0/s1. The summed E-state index contributed by atoms with van der Waals surface area (Å²) in [7, 11) is 0. The fourth-order valence-electron chi connectivity index (χ4n) is 6.15. The molecule has 13 nitrogen and oxygen atoms in total. The van der Waals surface area contributed by atoms with Gasteiger partial charge in [-0.1, -0.05) is 104 Å². The van der Waals surface area contributed by atoms with Crippen molar-refractivity contribution in [3.8, 4) is 0 Å². The second kappa shape index (κ2) is 19.6. The van der Waals surface area contributed by atoms with Gasteiger partial charge in [0.1, 0.15) is 30.3 Å². The maximum absolute atomic E-state index is 14.1. The van der Waals surface area contributed by atoms with Crippen molar-refractivity contribution in [3.63, 3.8) is 0 Å². The fraction of sp³-hybridized carbons (Fsp3) is 0.758. The molecule has 6 atom stereocenters. The lowest BCUT2D eigenvalue weighted by atomic mass is 9.77. The van der Waals surface area contributed by atoms with Crippen LogP contribution in [-0.4, -0.2) is 71.3 Å². The van der Waals surface area contributed by atoms with Crippen molar-refractivity contribution in [2.24, 2.45) is 11.8 Å². The molecule has 2 rings (SSSR count). The van der Waals surface area contributed by atoms with Crippen LogP contribution >= 0.6 is 0 Å². The molecule has 0 bridgehead atoms. The molecule has 0 aliphatic carbocycles. The van der Waals surface area contributed by atoms with Crippen LogP contribution in [0, 0.1) is 17.7 Å². The number of hydrogen-bond donors (Lipinski definition) is 5. The Hall–Kier alpha value is -3.23. The second-order valence-corrected chi connectivity index (χ2v) is 12.6. The third-order valence-electron chi connectivity index (χ3n) is 8.95. The molecule has 1 aliphatic rings. The number of ether oxygens (including phenoxy) is 1. The molecule has 0 spiro atoms. The molecule has 1 aromatic heterocycles. The zero-order valence-corrected chi connectivity index (χ0v) is 27.5. The Morgan fingerprint density at radius 3 is 1.83 bits per heavy atom. The van der Waals surface area contributed by atoms with Gasteiger partial charge in [-0.15, -0.1) is 0 Å². The average molecular weight is 671 g/mol. The van der Waals surface area contributed by atoms with Crippen LogP contribution < -0.4 is 11.2 Å². The summed E-state index contributed by atoms with van der Waals surface area (Å²) in [5, 5.41) is 42.7. The number of nitrogens with one attached hydrogen (secondary N) is 1. The normalized spacial score (nSPS) is 21.3. The van der Waals surface area contributed by atoms with Gasteiger partial charge in [0.25, 0.3) is 5.56 Å². The van der Waals surface area contributed by atoms with E-state index in [1.165, 1.54) is 0 Å². The van der Waals surface area contributed by atoms with Crippen molar-refractivity contribution in [3.05, 3.63) is 32.9 Å². The van der Waals surface area contributed by atoms with E-state index in [2.05, 4.69) is 13.8 Å². The number of aromatic amines is 1. The van der Waals surface area contributed by atoms with Gasteiger partial charge in [0.15, 0.2) is 17.2 Å². The molecule has 2 heterocycles. The Labute approximate surface area is 273 Å². The van der Waals surface area contributed by atoms with E-state index in [0.717, 1.165) is 64.2 Å². The minimum atomic E-state index is -2.89. The minimum absolute atomic E-state index is 0.137. The van der Waals surface area contributed by atoms with Crippen LogP contribution in [0.3, 0.4) is 0 Å². The number of halogens is 1. The van der Waals surface area contributed by atoms with E-state index in [1.807, 2.05) is 0 Å². The highest BCUT2D eigenvalue weighted by molar-refractivity contribution is 6.05. The van der Waals surface area contributed by atoms with Gasteiger partial charge in [0.05, 0.1) is 6.20 Å². The summed E-state index contributed by atoms with van der Waals surface area (Å²) in [5.41, 5.74) is -5.44. The van der Waals surface area contributed by atoms with Crippen LogP contribution in [0.15, 0.2) is 15.8 Å². The lowest BCUT2D eigenvalue weighted by Gasteiger charge is -2.32. The van der Waals surface area contributed by atoms with Gasteiger partial charge in [-0.3, -0.25) is 33.5 Å². The molecule has 0 saturated carbocycles. The Morgan fingerprint density at radius 2 is 1.34 bits per heavy atom. The first-order valence-corrected chi connectivity index (χ1v) is 16.9. The predicted molar refractivity (Wildman–Crippen MR) is 168 cm³/mol. The molecule has 1 saturated heterocycles. The first-order chi connectivity index (χ1) is 22.3. The van der Waals surface area contributed by atoms with Crippen molar-refractivity contribution >= 4 is 23.5 Å². The van der Waals surface area contributed by atoms with Crippen molar-refractivity contribution in [2.45, 2.75) is 147 Å². The molecular formula is C33H51FN2O11. The third-order valence-corrected chi connectivity index (χ3v) is 8.95. The van der Waals surface area contributed by atoms with E-state index in [1.54, 1.807) is 4.98 Å². The van der Waals surface area contributed by atoms with Gasteiger partial charge in [-0.2, -0.15) is 4.39 Å². The number of hydrogen-bond acceptors (Lipinski definition) is 9. The van der Waals surface area contributed by atoms with Crippen LogP contribution in [0.1, 0.15) is 129 Å². The monoisotopic (exact) mass is 670 g/mol. The first-order valence-electron chi connectivity index (χ1n) is 16.9. The number of carboxylic acid groups (broad SMARTS) is 2. The summed E-state index contributed by atoms with van der Waals surface area (Å²) >= 11 is 0. The van der Waals surface area contributed by atoms with Crippen LogP contribution in [0.2, 0.25) is 0 Å². The molecule has 0 amide bonds. The van der Waals surface area contributed by atoms with E-state index in [4.69, 9.17) is 4.74 Å². The van der Waals surface area contributed by atoms with Gasteiger partial charge >= 0.3 is 17.6 Å². The number of carbonyl (C=O) groups excluding carboxylic acids is 2. The topological polar surface area (TPSA) is 213 Å². The van der Waals surface area contributed by atoms with Crippen molar-refractivity contribution < 1.29 is 48.7 Å². The Balaban J connectivity index is 2.34. The number of nitrogens with zero attached hydrogens (tertiary/aromatic N) is 1. The maximum atomic E-state index is 14.1. The number of carboxylic acids is 2. The van der Waals surface area contributed by atoms with E-state index >= 15 is 0 Å². The smallest absolute Gasteiger partial charge is 0.330 e. The van der Waals surface area contributed by atoms with E-state index in [-0.39, 0.29) is 12.8 Å². The molecule has 14 heteroatoms. The summed E-state index contributed by atoms with van der Waals surface area (Å²) in [5.74, 6) is -10.6. The Morgan fingerprint density at radius 1 is 0.872 bits per heavy atom. The van der Waals surface area contributed by atoms with Crippen molar-refractivity contribution in [2.75, 3.05) is 0 Å². The zero-order chi connectivity index (χ0) is 35.1. The van der Waals surface area contributed by atoms with Crippen LogP contribution in [-0.2, 0) is 23.9 Å².